The first-order chi connectivity index (χ1) is 12.9. The van der Waals surface area contributed by atoms with Crippen LogP contribution in [0.1, 0.15) is 12.5 Å². The monoisotopic (exact) mass is 363 g/mol. The normalized spacial score (nSPS) is 10.7. The Labute approximate surface area is 157 Å². The van der Waals surface area contributed by atoms with E-state index in [2.05, 4.69) is 12.6 Å². The van der Waals surface area contributed by atoms with Crippen molar-refractivity contribution in [3.05, 3.63) is 66.2 Å². The number of carboxylic acid groups (broad SMARTS) is 1. The second kappa shape index (κ2) is 7.50. The third-order valence-corrected chi connectivity index (χ3v) is 4.54. The molecule has 5 nitrogen and oxygen atoms in total. The first-order valence-electron chi connectivity index (χ1n) is 8.64. The van der Waals surface area contributed by atoms with Gasteiger partial charge in [0.25, 0.3) is 0 Å². The highest BCUT2D eigenvalue weighted by atomic mass is 16.5. The minimum absolute atomic E-state index is 0.0407. The van der Waals surface area contributed by atoms with E-state index in [1.807, 2.05) is 43.3 Å². The average Bonchev–Trinajstić information content (AvgIpc) is 2.64. The van der Waals surface area contributed by atoms with Gasteiger partial charge in [-0.2, -0.15) is 0 Å². The molecular weight excluding hydrogens is 342 g/mol. The van der Waals surface area contributed by atoms with E-state index in [9.17, 15) is 14.7 Å². The van der Waals surface area contributed by atoms with E-state index >= 15 is 0 Å². The fourth-order valence-electron chi connectivity index (χ4n) is 3.25. The largest absolute Gasteiger partial charge is 0.465 e. The molecule has 5 heteroatoms. The van der Waals surface area contributed by atoms with E-state index in [4.69, 9.17) is 4.74 Å². The summed E-state index contributed by atoms with van der Waals surface area (Å²) in [6, 6.07) is 15.7. The third-order valence-electron chi connectivity index (χ3n) is 4.54. The Morgan fingerprint density at radius 2 is 1.81 bits per heavy atom. The molecule has 0 heterocycles. The number of benzene rings is 3. The number of nitrogens with zero attached hydrogens (tertiary/aromatic N) is 1. The van der Waals surface area contributed by atoms with Crippen molar-refractivity contribution in [3.8, 4) is 0 Å². The SMILES string of the molecule is C=C(C)C(=O)OCCN(C(=O)O)c1cccc2cc3ccccc3c(C)c12. The average molecular weight is 363 g/mol. The fourth-order valence-corrected chi connectivity index (χ4v) is 3.25. The minimum Gasteiger partial charge on any atom is -0.465 e. The van der Waals surface area contributed by atoms with Crippen LogP contribution in [0.25, 0.3) is 21.5 Å². The predicted octanol–water partition coefficient (Wildman–Crippen LogP) is 4.91. The molecule has 0 radical (unpaired) electrons. The molecule has 1 amide bonds. The van der Waals surface area contributed by atoms with Crippen LogP contribution < -0.4 is 4.90 Å². The van der Waals surface area contributed by atoms with Gasteiger partial charge in [0.05, 0.1) is 12.2 Å². The van der Waals surface area contributed by atoms with Gasteiger partial charge in [-0.05, 0) is 47.7 Å². The summed E-state index contributed by atoms with van der Waals surface area (Å²) in [5.41, 5.74) is 1.88. The molecule has 0 aliphatic rings. The van der Waals surface area contributed by atoms with Crippen LogP contribution in [0, 0.1) is 6.92 Å². The molecule has 27 heavy (non-hydrogen) atoms. The number of ether oxygens (including phenoxy) is 1. The number of fused-ring (bicyclic) bond motifs is 2. The molecule has 138 valence electrons. The Morgan fingerprint density at radius 3 is 2.52 bits per heavy atom. The molecule has 0 saturated carbocycles. The zero-order valence-corrected chi connectivity index (χ0v) is 15.4. The van der Waals surface area contributed by atoms with Crippen LogP contribution in [0.4, 0.5) is 10.5 Å². The van der Waals surface area contributed by atoms with Crippen molar-refractivity contribution in [2.45, 2.75) is 13.8 Å². The second-order valence-electron chi connectivity index (χ2n) is 6.45. The Kier molecular flexibility index (Phi) is 5.12. The van der Waals surface area contributed by atoms with E-state index in [0.717, 1.165) is 27.1 Å². The van der Waals surface area contributed by atoms with Crippen molar-refractivity contribution in [1.29, 1.82) is 0 Å². The van der Waals surface area contributed by atoms with Gasteiger partial charge in [-0.3, -0.25) is 4.90 Å². The molecule has 3 rings (SSSR count). The molecule has 1 N–H and O–H groups in total. The molecule has 3 aromatic rings. The van der Waals surface area contributed by atoms with Crippen molar-refractivity contribution in [2.75, 3.05) is 18.1 Å². The number of esters is 1. The molecule has 0 aliphatic heterocycles. The van der Waals surface area contributed by atoms with Gasteiger partial charge in [0, 0.05) is 11.0 Å². The molecule has 0 fully saturated rings. The number of hydrogen-bond donors (Lipinski definition) is 1. The fraction of sp³-hybridized carbons (Fsp3) is 0.182. The van der Waals surface area contributed by atoms with E-state index < -0.39 is 12.1 Å². The number of anilines is 1. The van der Waals surface area contributed by atoms with Crippen LogP contribution in [0.15, 0.2) is 60.7 Å². The van der Waals surface area contributed by atoms with Crippen molar-refractivity contribution in [1.82, 2.24) is 0 Å². The Hall–Kier alpha value is -3.34. The van der Waals surface area contributed by atoms with Crippen LogP contribution >= 0.6 is 0 Å². The van der Waals surface area contributed by atoms with Gasteiger partial charge in [0.15, 0.2) is 0 Å². The highest BCUT2D eigenvalue weighted by Crippen LogP contribution is 2.34. The zero-order valence-electron chi connectivity index (χ0n) is 15.4. The summed E-state index contributed by atoms with van der Waals surface area (Å²) < 4.78 is 5.07. The predicted molar refractivity (Wildman–Crippen MR) is 107 cm³/mol. The van der Waals surface area contributed by atoms with Crippen LogP contribution in [-0.4, -0.2) is 30.3 Å². The molecule has 0 saturated heterocycles. The first-order valence-corrected chi connectivity index (χ1v) is 8.64. The minimum atomic E-state index is -1.10. The third kappa shape index (κ3) is 3.62. The highest BCUT2D eigenvalue weighted by Gasteiger charge is 2.19. The summed E-state index contributed by atoms with van der Waals surface area (Å²) in [4.78, 5) is 24.7. The van der Waals surface area contributed by atoms with Crippen molar-refractivity contribution in [3.63, 3.8) is 0 Å². The number of rotatable bonds is 5. The lowest BCUT2D eigenvalue weighted by Crippen LogP contribution is -2.33. The number of hydrogen-bond acceptors (Lipinski definition) is 3. The summed E-state index contributed by atoms with van der Waals surface area (Å²) in [6.07, 6.45) is -1.10. The maximum atomic E-state index is 11.9. The summed E-state index contributed by atoms with van der Waals surface area (Å²) in [7, 11) is 0. The molecule has 0 aromatic heterocycles. The maximum Gasteiger partial charge on any atom is 0.411 e. The summed E-state index contributed by atoms with van der Waals surface area (Å²) >= 11 is 0. The van der Waals surface area contributed by atoms with E-state index in [1.54, 1.807) is 13.0 Å². The Balaban J connectivity index is 2.04. The van der Waals surface area contributed by atoms with E-state index in [1.165, 1.54) is 4.90 Å². The lowest BCUT2D eigenvalue weighted by molar-refractivity contribution is -0.138. The van der Waals surface area contributed by atoms with Crippen LogP contribution in [0.5, 0.6) is 0 Å². The zero-order chi connectivity index (χ0) is 19.6. The van der Waals surface area contributed by atoms with Gasteiger partial charge in [-0.15, -0.1) is 0 Å². The smallest absolute Gasteiger partial charge is 0.411 e. The standard InChI is InChI=1S/C22H21NO4/c1-14(2)21(24)27-12-11-23(22(25)26)19-10-6-8-17-13-16-7-4-5-9-18(16)15(3)20(17)19/h4-10,13H,1,11-12H2,2-3H3,(H,25,26). The Bertz CT molecular complexity index is 1050. The summed E-state index contributed by atoms with van der Waals surface area (Å²) in [5.74, 6) is -0.527. The quantitative estimate of drug-likeness (QED) is 0.397. The molecular formula is C22H21NO4. The van der Waals surface area contributed by atoms with Gasteiger partial charge in [0.2, 0.25) is 0 Å². The van der Waals surface area contributed by atoms with Crippen LogP contribution in [0.2, 0.25) is 0 Å². The van der Waals surface area contributed by atoms with Gasteiger partial charge in [-0.1, -0.05) is 43.0 Å². The summed E-state index contributed by atoms with van der Waals surface area (Å²) in [5, 5.41) is 13.8. The second-order valence-corrected chi connectivity index (χ2v) is 6.45. The number of amides is 1. The maximum absolute atomic E-state index is 11.9. The van der Waals surface area contributed by atoms with Gasteiger partial charge >= 0.3 is 12.1 Å². The summed E-state index contributed by atoms with van der Waals surface area (Å²) in [6.45, 7) is 7.07. The van der Waals surface area contributed by atoms with E-state index in [0.29, 0.717) is 5.69 Å². The number of carbonyl (C=O) groups is 2. The molecule has 0 unspecified atom stereocenters. The van der Waals surface area contributed by atoms with Gasteiger partial charge in [-0.25, -0.2) is 9.59 Å². The molecule has 0 aliphatic carbocycles. The van der Waals surface area contributed by atoms with Crippen molar-refractivity contribution >= 4 is 39.3 Å². The van der Waals surface area contributed by atoms with Gasteiger partial charge < -0.3 is 9.84 Å². The highest BCUT2D eigenvalue weighted by molar-refractivity contribution is 6.10. The first kappa shape index (κ1) is 18.5. The molecule has 0 bridgehead atoms. The van der Waals surface area contributed by atoms with Crippen LogP contribution in [0.3, 0.4) is 0 Å². The van der Waals surface area contributed by atoms with Crippen LogP contribution in [-0.2, 0) is 9.53 Å². The van der Waals surface area contributed by atoms with E-state index in [-0.39, 0.29) is 18.7 Å². The molecule has 0 spiro atoms. The molecule has 0 atom stereocenters. The van der Waals surface area contributed by atoms with Crippen molar-refractivity contribution in [2.24, 2.45) is 0 Å². The number of aryl methyl sites for hydroxylation is 1. The topological polar surface area (TPSA) is 66.8 Å². The number of carbonyl (C=O) groups excluding carboxylic acids is 1. The lowest BCUT2D eigenvalue weighted by Gasteiger charge is -2.22. The molecule has 3 aromatic carbocycles. The van der Waals surface area contributed by atoms with Crippen molar-refractivity contribution < 1.29 is 19.4 Å². The van der Waals surface area contributed by atoms with Gasteiger partial charge in [0.1, 0.15) is 6.61 Å². The lowest BCUT2D eigenvalue weighted by atomic mass is 9.96. The Morgan fingerprint density at radius 1 is 1.11 bits per heavy atom.